The molecular formula is C11H16N3O13P3. The van der Waals surface area contributed by atoms with Crippen LogP contribution in [0.4, 0.5) is 5.82 Å². The summed E-state index contributed by atoms with van der Waals surface area (Å²) in [5.41, 5.74) is 0.132. The minimum absolute atomic E-state index is 0.0308. The smallest absolute Gasteiger partial charge is 0.390 e. The van der Waals surface area contributed by atoms with Crippen molar-refractivity contribution in [2.45, 2.75) is 31.3 Å². The quantitative estimate of drug-likeness (QED) is 0.305. The summed E-state index contributed by atoms with van der Waals surface area (Å²) in [5.74, 6) is -0.0292. The number of Topliss-reactive ketones (excluding diaryl/α,β-unsaturated/α-hetero) is 1. The van der Waals surface area contributed by atoms with Gasteiger partial charge in [0.25, 0.3) is 0 Å². The number of aliphatic imine (C=N–C) groups is 1. The Labute approximate surface area is 167 Å². The molecular weight excluding hydrogens is 475 g/mol. The van der Waals surface area contributed by atoms with Crippen molar-refractivity contribution < 1.29 is 61.1 Å². The number of phosphoric ester groups is 1. The Bertz CT molecular complexity index is 1000. The van der Waals surface area contributed by atoms with Crippen LogP contribution in [0.15, 0.2) is 11.3 Å². The SMILES string of the molecule is O=C1CC=Nc2c1ncn2C1CC(O)C(COP(=O)(O)OP(=O)(O)OP(=O)(O)O)O1. The zero-order valence-electron chi connectivity index (χ0n) is 14.7. The number of aliphatic hydroxyl groups is 1. The van der Waals surface area contributed by atoms with Crippen LogP contribution in [0.5, 0.6) is 0 Å². The first-order valence-corrected chi connectivity index (χ1v) is 12.5. The van der Waals surface area contributed by atoms with Crippen molar-refractivity contribution in [2.75, 3.05) is 6.61 Å². The number of hydrogen-bond donors (Lipinski definition) is 5. The van der Waals surface area contributed by atoms with Gasteiger partial charge in [0, 0.05) is 19.1 Å². The second-order valence-electron chi connectivity index (χ2n) is 6.08. The first-order chi connectivity index (χ1) is 13.8. The predicted molar refractivity (Wildman–Crippen MR) is 93.7 cm³/mol. The first-order valence-electron chi connectivity index (χ1n) is 8.01. The van der Waals surface area contributed by atoms with Crippen LogP contribution in [0.2, 0.25) is 0 Å². The van der Waals surface area contributed by atoms with Gasteiger partial charge in [-0.2, -0.15) is 8.62 Å². The molecule has 0 amide bonds. The third-order valence-corrected chi connectivity index (χ3v) is 7.66. The maximum Gasteiger partial charge on any atom is 0.490 e. The molecule has 0 saturated carbocycles. The van der Waals surface area contributed by atoms with Crippen molar-refractivity contribution in [1.82, 2.24) is 9.55 Å². The number of phosphoric acid groups is 3. The molecule has 1 saturated heterocycles. The zero-order valence-corrected chi connectivity index (χ0v) is 17.4. The molecule has 16 nitrogen and oxygen atoms in total. The summed E-state index contributed by atoms with van der Waals surface area (Å²) in [6, 6.07) is 0. The number of ether oxygens (including phenoxy) is 1. The van der Waals surface area contributed by atoms with Gasteiger partial charge in [-0.3, -0.25) is 13.9 Å². The normalized spacial score (nSPS) is 28.2. The standard InChI is InChI=1S/C11H16N3O13P3/c15-6-1-2-12-11-10(6)13-5-14(11)9-3-7(16)8(25-9)4-24-29(20,21)27-30(22,23)26-28(17,18)19/h2,5,7-9,16H,1,3-4H2,(H,20,21)(H,22,23)(H2,17,18,19). The Morgan fingerprint density at radius 1 is 1.17 bits per heavy atom. The first kappa shape index (κ1) is 23.5. The molecule has 1 fully saturated rings. The minimum atomic E-state index is -5.65. The average Bonchev–Trinajstić information content (AvgIpc) is 3.14. The summed E-state index contributed by atoms with van der Waals surface area (Å²) in [6.45, 7) is -0.805. The largest absolute Gasteiger partial charge is 0.490 e. The van der Waals surface area contributed by atoms with Crippen molar-refractivity contribution in [3.05, 3.63) is 12.0 Å². The Morgan fingerprint density at radius 2 is 1.87 bits per heavy atom. The third-order valence-electron chi connectivity index (χ3n) is 3.85. The van der Waals surface area contributed by atoms with Gasteiger partial charge in [-0.25, -0.2) is 23.7 Å². The third kappa shape index (κ3) is 5.77. The molecule has 3 heterocycles. The zero-order chi connectivity index (χ0) is 22.3. The van der Waals surface area contributed by atoms with Gasteiger partial charge in [-0.15, -0.1) is 0 Å². The highest BCUT2D eigenvalue weighted by molar-refractivity contribution is 7.66. The van der Waals surface area contributed by atoms with Crippen LogP contribution >= 0.6 is 23.5 Å². The lowest BCUT2D eigenvalue weighted by Crippen LogP contribution is -2.26. The monoisotopic (exact) mass is 491 g/mol. The van der Waals surface area contributed by atoms with E-state index in [-0.39, 0.29) is 30.1 Å². The fraction of sp³-hybridized carbons (Fsp3) is 0.545. The highest BCUT2D eigenvalue weighted by atomic mass is 31.3. The van der Waals surface area contributed by atoms with Crippen LogP contribution in [0.3, 0.4) is 0 Å². The Hall–Kier alpha value is -1.12. The number of ketones is 1. The number of nitrogens with zero attached hydrogens (tertiary/aromatic N) is 3. The summed E-state index contributed by atoms with van der Waals surface area (Å²) < 4.78 is 52.2. The number of aromatic nitrogens is 2. The molecule has 0 radical (unpaired) electrons. The van der Waals surface area contributed by atoms with Crippen LogP contribution in [0, 0.1) is 0 Å². The summed E-state index contributed by atoms with van der Waals surface area (Å²) in [5, 5.41) is 10.1. The van der Waals surface area contributed by atoms with E-state index < -0.39 is 48.5 Å². The number of rotatable bonds is 8. The Balaban J connectivity index is 1.62. The van der Waals surface area contributed by atoms with Gasteiger partial charge >= 0.3 is 23.5 Å². The molecule has 30 heavy (non-hydrogen) atoms. The number of carbonyl (C=O) groups is 1. The molecule has 0 aliphatic carbocycles. The van der Waals surface area contributed by atoms with Gasteiger partial charge < -0.3 is 29.4 Å². The Morgan fingerprint density at radius 3 is 2.53 bits per heavy atom. The number of hydrogen-bond acceptors (Lipinski definition) is 11. The lowest BCUT2D eigenvalue weighted by atomic mass is 10.2. The molecule has 5 atom stereocenters. The van der Waals surface area contributed by atoms with Gasteiger partial charge in [0.1, 0.15) is 12.3 Å². The second kappa shape index (κ2) is 8.43. The van der Waals surface area contributed by atoms with Crippen LogP contribution in [0.1, 0.15) is 29.6 Å². The summed E-state index contributed by atoms with van der Waals surface area (Å²) >= 11 is 0. The lowest BCUT2D eigenvalue weighted by molar-refractivity contribution is -0.0429. The van der Waals surface area contributed by atoms with E-state index in [9.17, 15) is 28.5 Å². The van der Waals surface area contributed by atoms with Crippen LogP contribution in [-0.2, 0) is 31.6 Å². The molecule has 3 rings (SSSR count). The molecule has 5 unspecified atom stereocenters. The van der Waals surface area contributed by atoms with E-state index in [4.69, 9.17) is 19.4 Å². The fourth-order valence-electron chi connectivity index (χ4n) is 2.71. The molecule has 0 aromatic carbocycles. The van der Waals surface area contributed by atoms with Crippen molar-refractivity contribution in [3.63, 3.8) is 0 Å². The molecule has 5 N–H and O–H groups in total. The average molecular weight is 491 g/mol. The van der Waals surface area contributed by atoms with E-state index in [1.54, 1.807) is 0 Å². The van der Waals surface area contributed by atoms with E-state index in [0.29, 0.717) is 0 Å². The predicted octanol–water partition coefficient (Wildman–Crippen LogP) is 0.163. The molecule has 0 bridgehead atoms. The number of fused-ring (bicyclic) bond motifs is 1. The molecule has 2 aliphatic rings. The van der Waals surface area contributed by atoms with Crippen molar-refractivity contribution in [1.29, 1.82) is 0 Å². The molecule has 1 aromatic heterocycles. The van der Waals surface area contributed by atoms with Gasteiger partial charge in [0.2, 0.25) is 0 Å². The Kier molecular flexibility index (Phi) is 6.62. The number of aliphatic hydroxyl groups excluding tert-OH is 1. The molecule has 168 valence electrons. The van der Waals surface area contributed by atoms with Gasteiger partial charge in [-0.1, -0.05) is 0 Å². The van der Waals surface area contributed by atoms with Crippen LogP contribution in [-0.4, -0.2) is 65.0 Å². The minimum Gasteiger partial charge on any atom is -0.390 e. The molecule has 2 aliphatic heterocycles. The van der Waals surface area contributed by atoms with E-state index >= 15 is 0 Å². The van der Waals surface area contributed by atoms with E-state index in [0.717, 1.165) is 0 Å². The maximum absolute atomic E-state index is 11.8. The van der Waals surface area contributed by atoms with E-state index in [1.165, 1.54) is 17.1 Å². The lowest BCUT2D eigenvalue weighted by Gasteiger charge is -2.19. The van der Waals surface area contributed by atoms with Crippen molar-refractivity contribution in [2.24, 2.45) is 4.99 Å². The fourth-order valence-corrected chi connectivity index (χ4v) is 5.74. The molecule has 0 spiro atoms. The second-order valence-corrected chi connectivity index (χ2v) is 10.5. The highest BCUT2D eigenvalue weighted by Crippen LogP contribution is 2.66. The molecule has 19 heteroatoms. The van der Waals surface area contributed by atoms with Gasteiger partial charge in [-0.05, 0) is 0 Å². The van der Waals surface area contributed by atoms with Crippen molar-refractivity contribution in [3.8, 4) is 0 Å². The van der Waals surface area contributed by atoms with Gasteiger partial charge in [0.05, 0.1) is 19.0 Å². The van der Waals surface area contributed by atoms with Crippen molar-refractivity contribution >= 4 is 41.3 Å². The van der Waals surface area contributed by atoms with E-state index in [1.807, 2.05) is 0 Å². The highest BCUT2D eigenvalue weighted by Gasteiger charge is 2.43. The molecule has 1 aromatic rings. The summed E-state index contributed by atoms with van der Waals surface area (Å²) in [4.78, 5) is 55.4. The summed E-state index contributed by atoms with van der Waals surface area (Å²) in [6.07, 6.45) is -0.537. The van der Waals surface area contributed by atoms with Crippen LogP contribution < -0.4 is 0 Å². The summed E-state index contributed by atoms with van der Waals surface area (Å²) in [7, 11) is -16.5. The topological polar surface area (TPSA) is 237 Å². The maximum atomic E-state index is 11.8. The van der Waals surface area contributed by atoms with Gasteiger partial charge in [0.15, 0.2) is 17.3 Å². The van der Waals surface area contributed by atoms with Crippen LogP contribution in [0.25, 0.3) is 0 Å². The van der Waals surface area contributed by atoms with E-state index in [2.05, 4.69) is 23.1 Å². The number of carbonyl (C=O) groups excluding carboxylic acids is 1. The number of imidazole rings is 1.